The van der Waals surface area contributed by atoms with Gasteiger partial charge in [0.25, 0.3) is 0 Å². The Bertz CT molecular complexity index is 613. The smallest absolute Gasteiger partial charge is 0.427 e. The van der Waals surface area contributed by atoms with E-state index in [1.165, 1.54) is 10.8 Å². The highest BCUT2D eigenvalue weighted by atomic mass is 16.4. The minimum atomic E-state index is -1.32. The molecule has 1 aromatic rings. The van der Waals surface area contributed by atoms with Gasteiger partial charge in [-0.15, -0.1) is 0 Å². The van der Waals surface area contributed by atoms with Crippen molar-refractivity contribution in [2.75, 3.05) is 0 Å². The van der Waals surface area contributed by atoms with Crippen LogP contribution in [0.15, 0.2) is 48.6 Å². The van der Waals surface area contributed by atoms with Crippen molar-refractivity contribution >= 4 is 18.8 Å². The van der Waals surface area contributed by atoms with Gasteiger partial charge < -0.3 is 10.0 Å². The summed E-state index contributed by atoms with van der Waals surface area (Å²) in [5, 5.41) is 21.3. The number of rotatable bonds is 1. The number of hydrogen-bond acceptors (Lipinski definition) is 2. The predicted molar refractivity (Wildman–Crippen MR) is 69.3 cm³/mol. The second-order valence-electron chi connectivity index (χ2n) is 4.47. The molecule has 2 aliphatic rings. The number of allylic oxidation sites excluding steroid dienone is 4. The third kappa shape index (κ3) is 1.68. The maximum Gasteiger partial charge on any atom is 0.459 e. The molecule has 1 aromatic carbocycles. The normalized spacial score (nSPS) is 24.9. The number of benzene rings is 1. The highest BCUT2D eigenvalue weighted by Crippen LogP contribution is 2.34. The summed E-state index contributed by atoms with van der Waals surface area (Å²) in [5.41, 5.74) is 1.17. The first-order valence-corrected chi connectivity index (χ1v) is 5.79. The first-order valence-electron chi connectivity index (χ1n) is 5.79. The van der Waals surface area contributed by atoms with Gasteiger partial charge in [0.1, 0.15) is 0 Å². The molecule has 0 amide bonds. The van der Waals surface area contributed by atoms with Crippen molar-refractivity contribution in [1.82, 2.24) is 0 Å². The Hall–Kier alpha value is -1.58. The van der Waals surface area contributed by atoms with Gasteiger partial charge in [0.15, 0.2) is 0 Å². The largest absolute Gasteiger partial charge is 0.459 e. The highest BCUT2D eigenvalue weighted by molar-refractivity contribution is 6.45. The maximum atomic E-state index is 9.49. The molecule has 2 atom stereocenters. The number of hydrogen-bond donors (Lipinski definition) is 2. The topological polar surface area (TPSA) is 40.5 Å². The third-order valence-corrected chi connectivity index (χ3v) is 3.47. The van der Waals surface area contributed by atoms with Crippen LogP contribution in [0, 0.1) is 5.92 Å². The quantitative estimate of drug-likeness (QED) is 0.670. The average Bonchev–Trinajstić information content (AvgIpc) is 2.37. The summed E-state index contributed by atoms with van der Waals surface area (Å²) in [6.45, 7) is 0. The molecule has 0 saturated carbocycles. The zero-order valence-corrected chi connectivity index (χ0v) is 9.32. The lowest BCUT2D eigenvalue weighted by Gasteiger charge is -2.27. The van der Waals surface area contributed by atoms with Gasteiger partial charge in [-0.2, -0.15) is 0 Å². The Morgan fingerprint density at radius 2 is 1.88 bits per heavy atom. The van der Waals surface area contributed by atoms with Gasteiger partial charge in [-0.05, 0) is 16.0 Å². The maximum absolute atomic E-state index is 9.49. The highest BCUT2D eigenvalue weighted by Gasteiger charge is 2.32. The standard InChI is InChI=1S/C14H13BO2/c16-15(17)14-9-10-5-1-2-6-11(10)12-7-3-4-8-13(12)14/h1-9,13-14,16-17H. The molecular weight excluding hydrogens is 211 g/mol. The third-order valence-electron chi connectivity index (χ3n) is 3.47. The SMILES string of the molecule is OB(O)C1C=c2ccccc2=C2C=CC=CC21. The molecular formula is C14H13BO2. The lowest BCUT2D eigenvalue weighted by atomic mass is 9.61. The zero-order valence-electron chi connectivity index (χ0n) is 9.32. The van der Waals surface area contributed by atoms with E-state index >= 15 is 0 Å². The van der Waals surface area contributed by atoms with E-state index in [1.54, 1.807) is 0 Å². The molecule has 2 nitrogen and oxygen atoms in total. The van der Waals surface area contributed by atoms with Crippen LogP contribution in [-0.2, 0) is 0 Å². The Morgan fingerprint density at radius 1 is 1.06 bits per heavy atom. The van der Waals surface area contributed by atoms with Gasteiger partial charge in [-0.3, -0.25) is 0 Å². The molecule has 0 heterocycles. The van der Waals surface area contributed by atoms with Gasteiger partial charge in [0.2, 0.25) is 0 Å². The summed E-state index contributed by atoms with van der Waals surface area (Å²) in [4.78, 5) is 0. The van der Waals surface area contributed by atoms with Gasteiger partial charge in [0, 0.05) is 11.7 Å². The van der Waals surface area contributed by atoms with Crippen molar-refractivity contribution < 1.29 is 10.0 Å². The molecule has 0 aromatic heterocycles. The van der Waals surface area contributed by atoms with E-state index in [2.05, 4.69) is 12.1 Å². The van der Waals surface area contributed by atoms with Crippen molar-refractivity contribution in [1.29, 1.82) is 0 Å². The minimum absolute atomic E-state index is 0.0647. The molecule has 0 saturated heterocycles. The zero-order chi connectivity index (χ0) is 11.8. The summed E-state index contributed by atoms with van der Waals surface area (Å²) in [7, 11) is -1.32. The minimum Gasteiger partial charge on any atom is -0.427 e. The van der Waals surface area contributed by atoms with Gasteiger partial charge in [0.05, 0.1) is 0 Å². The number of fused-ring (bicyclic) bond motifs is 2. The van der Waals surface area contributed by atoms with E-state index in [0.29, 0.717) is 0 Å². The molecule has 17 heavy (non-hydrogen) atoms. The summed E-state index contributed by atoms with van der Waals surface area (Å²) >= 11 is 0. The van der Waals surface area contributed by atoms with E-state index < -0.39 is 7.12 Å². The van der Waals surface area contributed by atoms with E-state index in [9.17, 15) is 10.0 Å². The lowest BCUT2D eigenvalue weighted by molar-refractivity contribution is 0.390. The van der Waals surface area contributed by atoms with E-state index in [1.807, 2.05) is 42.5 Å². The van der Waals surface area contributed by atoms with Crippen LogP contribution in [0.1, 0.15) is 0 Å². The van der Waals surface area contributed by atoms with E-state index in [-0.39, 0.29) is 11.7 Å². The van der Waals surface area contributed by atoms with Crippen LogP contribution in [-0.4, -0.2) is 17.2 Å². The second-order valence-corrected chi connectivity index (χ2v) is 4.47. The van der Waals surface area contributed by atoms with E-state index in [0.717, 1.165) is 5.22 Å². The Kier molecular flexibility index (Phi) is 2.50. The fourth-order valence-corrected chi connectivity index (χ4v) is 2.65. The summed E-state index contributed by atoms with van der Waals surface area (Å²) in [5.74, 6) is -0.198. The molecule has 0 fully saturated rings. The molecule has 0 spiro atoms. The van der Waals surface area contributed by atoms with Gasteiger partial charge in [-0.1, -0.05) is 54.6 Å². The molecule has 84 valence electrons. The fourth-order valence-electron chi connectivity index (χ4n) is 2.65. The molecule has 0 bridgehead atoms. The van der Waals surface area contributed by atoms with Crippen LogP contribution in [0.4, 0.5) is 0 Å². The molecule has 0 aliphatic heterocycles. The van der Waals surface area contributed by atoms with Crippen LogP contribution in [0.25, 0.3) is 11.6 Å². The van der Waals surface area contributed by atoms with Crippen LogP contribution in [0.2, 0.25) is 5.82 Å². The second kappa shape index (κ2) is 4.02. The van der Waals surface area contributed by atoms with Crippen LogP contribution < -0.4 is 10.4 Å². The van der Waals surface area contributed by atoms with E-state index in [4.69, 9.17) is 0 Å². The molecule has 0 radical (unpaired) electrons. The average molecular weight is 224 g/mol. The molecule has 2 N–H and O–H groups in total. The summed E-state index contributed by atoms with van der Waals surface area (Å²) in [6.07, 6.45) is 10.0. The Balaban J connectivity index is 2.31. The first-order chi connectivity index (χ1) is 8.27. The summed E-state index contributed by atoms with van der Waals surface area (Å²) in [6, 6.07) is 8.08. The molecule has 2 unspecified atom stereocenters. The van der Waals surface area contributed by atoms with Crippen molar-refractivity contribution in [3.05, 3.63) is 59.0 Å². The lowest BCUT2D eigenvalue weighted by Crippen LogP contribution is -2.38. The monoisotopic (exact) mass is 224 g/mol. The Morgan fingerprint density at radius 3 is 2.71 bits per heavy atom. The van der Waals surface area contributed by atoms with Crippen molar-refractivity contribution in [3.8, 4) is 0 Å². The Labute approximate surface area is 100 Å². The van der Waals surface area contributed by atoms with Gasteiger partial charge in [-0.25, -0.2) is 0 Å². The molecule has 3 rings (SSSR count). The first kappa shape index (κ1) is 10.6. The molecule has 2 aliphatic carbocycles. The predicted octanol–water partition coefficient (Wildman–Crippen LogP) is 0.217. The van der Waals surface area contributed by atoms with Crippen molar-refractivity contribution in [2.45, 2.75) is 5.82 Å². The van der Waals surface area contributed by atoms with Crippen LogP contribution >= 0.6 is 0 Å². The fraction of sp³-hybridized carbons (Fsp3) is 0.143. The molecule has 3 heteroatoms. The summed E-state index contributed by atoms with van der Waals surface area (Å²) < 4.78 is 0. The van der Waals surface area contributed by atoms with Crippen molar-refractivity contribution in [3.63, 3.8) is 0 Å². The van der Waals surface area contributed by atoms with Gasteiger partial charge >= 0.3 is 7.12 Å². The van der Waals surface area contributed by atoms with Crippen LogP contribution in [0.5, 0.6) is 0 Å². The van der Waals surface area contributed by atoms with Crippen LogP contribution in [0.3, 0.4) is 0 Å². The van der Waals surface area contributed by atoms with Crippen molar-refractivity contribution in [2.24, 2.45) is 5.92 Å².